The lowest BCUT2D eigenvalue weighted by Gasteiger charge is -2.08. The lowest BCUT2D eigenvalue weighted by Crippen LogP contribution is -2.04. The molecule has 0 radical (unpaired) electrons. The standard InChI is InChI=1S/C15H21N3O2/c1-3-5-6-15-14(11-19)16-17-18(15)12-7-9-13(10-8-12)20-4-2/h7-10,19H,3-6,11H2,1-2H3. The summed E-state index contributed by atoms with van der Waals surface area (Å²) in [5, 5.41) is 17.6. The molecule has 108 valence electrons. The fourth-order valence-electron chi connectivity index (χ4n) is 2.11. The number of hydrogen-bond donors (Lipinski definition) is 1. The van der Waals surface area contributed by atoms with Crippen molar-refractivity contribution in [2.24, 2.45) is 0 Å². The van der Waals surface area contributed by atoms with Gasteiger partial charge in [0.1, 0.15) is 11.4 Å². The second kappa shape index (κ2) is 7.05. The van der Waals surface area contributed by atoms with Crippen LogP contribution in [0.25, 0.3) is 5.69 Å². The Labute approximate surface area is 119 Å². The molecule has 5 heteroatoms. The molecular formula is C15H21N3O2. The molecule has 0 spiro atoms. The number of hydrogen-bond acceptors (Lipinski definition) is 4. The summed E-state index contributed by atoms with van der Waals surface area (Å²) in [4.78, 5) is 0. The Morgan fingerprint density at radius 2 is 1.95 bits per heavy atom. The van der Waals surface area contributed by atoms with Crippen molar-refractivity contribution in [1.82, 2.24) is 15.0 Å². The van der Waals surface area contributed by atoms with Crippen molar-refractivity contribution in [1.29, 1.82) is 0 Å². The molecule has 0 aliphatic rings. The van der Waals surface area contributed by atoms with E-state index in [0.29, 0.717) is 12.3 Å². The fraction of sp³-hybridized carbons (Fsp3) is 0.467. The van der Waals surface area contributed by atoms with E-state index in [4.69, 9.17) is 4.74 Å². The lowest BCUT2D eigenvalue weighted by molar-refractivity contribution is 0.275. The SMILES string of the molecule is CCCCc1c(CO)nnn1-c1ccc(OCC)cc1. The van der Waals surface area contributed by atoms with Crippen molar-refractivity contribution in [3.05, 3.63) is 35.7 Å². The van der Waals surface area contributed by atoms with E-state index in [1.54, 1.807) is 4.68 Å². The summed E-state index contributed by atoms with van der Waals surface area (Å²) in [6.07, 6.45) is 3.02. The summed E-state index contributed by atoms with van der Waals surface area (Å²) >= 11 is 0. The summed E-state index contributed by atoms with van der Waals surface area (Å²) in [7, 11) is 0. The maximum Gasteiger partial charge on any atom is 0.119 e. The molecule has 0 unspecified atom stereocenters. The van der Waals surface area contributed by atoms with Gasteiger partial charge >= 0.3 is 0 Å². The summed E-state index contributed by atoms with van der Waals surface area (Å²) in [5.74, 6) is 0.842. The van der Waals surface area contributed by atoms with Gasteiger partial charge in [0.05, 0.1) is 24.6 Å². The summed E-state index contributed by atoms with van der Waals surface area (Å²) in [5.41, 5.74) is 2.58. The van der Waals surface area contributed by atoms with Crippen LogP contribution in [0.1, 0.15) is 38.1 Å². The fourth-order valence-corrected chi connectivity index (χ4v) is 2.11. The predicted molar refractivity (Wildman–Crippen MR) is 77.1 cm³/mol. The van der Waals surface area contributed by atoms with Crippen LogP contribution < -0.4 is 4.74 Å². The lowest BCUT2D eigenvalue weighted by atomic mass is 10.1. The smallest absolute Gasteiger partial charge is 0.119 e. The van der Waals surface area contributed by atoms with Gasteiger partial charge in [-0.15, -0.1) is 5.10 Å². The molecule has 20 heavy (non-hydrogen) atoms. The van der Waals surface area contributed by atoms with Crippen LogP contribution in [0.15, 0.2) is 24.3 Å². The van der Waals surface area contributed by atoms with Crippen molar-refractivity contribution >= 4 is 0 Å². The molecule has 0 aliphatic carbocycles. The quantitative estimate of drug-likeness (QED) is 0.843. The molecule has 0 bridgehead atoms. The number of benzene rings is 1. The van der Waals surface area contributed by atoms with Crippen molar-refractivity contribution in [3.63, 3.8) is 0 Å². The first kappa shape index (κ1) is 14.5. The molecule has 5 nitrogen and oxygen atoms in total. The van der Waals surface area contributed by atoms with Gasteiger partial charge in [0, 0.05) is 0 Å². The van der Waals surface area contributed by atoms with Crippen LogP contribution in [0.2, 0.25) is 0 Å². The maximum atomic E-state index is 9.36. The zero-order valence-electron chi connectivity index (χ0n) is 12.0. The molecule has 2 rings (SSSR count). The largest absolute Gasteiger partial charge is 0.494 e. The first-order valence-electron chi connectivity index (χ1n) is 7.07. The molecule has 0 amide bonds. The van der Waals surface area contributed by atoms with Gasteiger partial charge in [-0.3, -0.25) is 0 Å². The van der Waals surface area contributed by atoms with Crippen molar-refractivity contribution < 1.29 is 9.84 Å². The van der Waals surface area contributed by atoms with E-state index in [9.17, 15) is 5.11 Å². The van der Waals surface area contributed by atoms with Gasteiger partial charge in [0.2, 0.25) is 0 Å². The number of rotatable bonds is 7. The minimum absolute atomic E-state index is 0.0733. The van der Waals surface area contributed by atoms with Crippen LogP contribution >= 0.6 is 0 Å². The minimum atomic E-state index is -0.0733. The Bertz CT molecular complexity index is 535. The molecule has 0 saturated heterocycles. The van der Waals surface area contributed by atoms with Gasteiger partial charge in [-0.25, -0.2) is 4.68 Å². The average Bonchev–Trinajstić information content (AvgIpc) is 2.89. The highest BCUT2D eigenvalue weighted by Gasteiger charge is 2.13. The number of aliphatic hydroxyl groups is 1. The van der Waals surface area contributed by atoms with E-state index < -0.39 is 0 Å². The predicted octanol–water partition coefficient (Wildman–Crippen LogP) is 2.50. The number of nitrogens with zero attached hydrogens (tertiary/aromatic N) is 3. The number of aromatic nitrogens is 3. The maximum absolute atomic E-state index is 9.36. The van der Waals surface area contributed by atoms with Crippen molar-refractivity contribution in [2.75, 3.05) is 6.61 Å². The van der Waals surface area contributed by atoms with E-state index in [0.717, 1.165) is 36.4 Å². The monoisotopic (exact) mass is 275 g/mol. The van der Waals surface area contributed by atoms with Crippen LogP contribution in [-0.4, -0.2) is 26.7 Å². The number of aliphatic hydroxyl groups excluding tert-OH is 1. The molecule has 1 aromatic carbocycles. The molecule has 1 aromatic heterocycles. The third-order valence-electron chi connectivity index (χ3n) is 3.15. The Kier molecular flexibility index (Phi) is 5.12. The van der Waals surface area contributed by atoms with E-state index in [1.807, 2.05) is 31.2 Å². The first-order chi connectivity index (χ1) is 9.80. The zero-order chi connectivity index (χ0) is 14.4. The van der Waals surface area contributed by atoms with Crippen LogP contribution in [0.5, 0.6) is 5.75 Å². The van der Waals surface area contributed by atoms with E-state index in [1.165, 1.54) is 0 Å². The van der Waals surface area contributed by atoms with E-state index >= 15 is 0 Å². The molecule has 0 atom stereocenters. The zero-order valence-corrected chi connectivity index (χ0v) is 12.0. The van der Waals surface area contributed by atoms with Crippen LogP contribution in [0.3, 0.4) is 0 Å². The van der Waals surface area contributed by atoms with E-state index in [-0.39, 0.29) is 6.61 Å². The van der Waals surface area contributed by atoms with Gasteiger partial charge in [0.15, 0.2) is 0 Å². The molecular weight excluding hydrogens is 254 g/mol. The molecule has 2 aromatic rings. The van der Waals surface area contributed by atoms with Gasteiger partial charge in [-0.1, -0.05) is 18.6 Å². The van der Waals surface area contributed by atoms with Crippen LogP contribution in [-0.2, 0) is 13.0 Å². The average molecular weight is 275 g/mol. The normalized spacial score (nSPS) is 10.8. The first-order valence-corrected chi connectivity index (χ1v) is 7.07. The third-order valence-corrected chi connectivity index (χ3v) is 3.15. The Morgan fingerprint density at radius 3 is 2.55 bits per heavy atom. The van der Waals surface area contributed by atoms with Gasteiger partial charge in [-0.2, -0.15) is 0 Å². The molecule has 0 fully saturated rings. The molecule has 1 heterocycles. The Morgan fingerprint density at radius 1 is 1.20 bits per heavy atom. The summed E-state index contributed by atoms with van der Waals surface area (Å²) in [6, 6.07) is 7.75. The number of unbranched alkanes of at least 4 members (excludes halogenated alkanes) is 1. The summed E-state index contributed by atoms with van der Waals surface area (Å²) in [6.45, 7) is 4.68. The van der Waals surface area contributed by atoms with Gasteiger partial charge in [-0.05, 0) is 44.0 Å². The van der Waals surface area contributed by atoms with Crippen molar-refractivity contribution in [3.8, 4) is 11.4 Å². The number of ether oxygens (including phenoxy) is 1. The highest BCUT2D eigenvalue weighted by atomic mass is 16.5. The Hall–Kier alpha value is -1.88. The third kappa shape index (κ3) is 3.17. The van der Waals surface area contributed by atoms with Crippen LogP contribution in [0, 0.1) is 0 Å². The minimum Gasteiger partial charge on any atom is -0.494 e. The van der Waals surface area contributed by atoms with E-state index in [2.05, 4.69) is 17.2 Å². The van der Waals surface area contributed by atoms with Gasteiger partial charge in [0.25, 0.3) is 0 Å². The second-order valence-corrected chi connectivity index (χ2v) is 4.58. The summed E-state index contributed by atoms with van der Waals surface area (Å²) < 4.78 is 7.24. The van der Waals surface area contributed by atoms with Crippen LogP contribution in [0.4, 0.5) is 0 Å². The Balaban J connectivity index is 2.28. The topological polar surface area (TPSA) is 60.2 Å². The second-order valence-electron chi connectivity index (χ2n) is 4.58. The van der Waals surface area contributed by atoms with Gasteiger partial charge < -0.3 is 9.84 Å². The molecule has 1 N–H and O–H groups in total. The highest BCUT2D eigenvalue weighted by Crippen LogP contribution is 2.19. The van der Waals surface area contributed by atoms with Crippen molar-refractivity contribution in [2.45, 2.75) is 39.7 Å². The highest BCUT2D eigenvalue weighted by molar-refractivity contribution is 5.38. The molecule has 0 aliphatic heterocycles. The molecule has 0 saturated carbocycles.